The Labute approximate surface area is 174 Å². The quantitative estimate of drug-likeness (QED) is 0.385. The summed E-state index contributed by atoms with van der Waals surface area (Å²) in [5.74, 6) is -0.193. The van der Waals surface area contributed by atoms with Crippen LogP contribution in [0.4, 0.5) is 11.5 Å². The largest absolute Gasteiger partial charge is 0.393 e. The minimum absolute atomic E-state index is 0.233. The third-order valence-corrected chi connectivity index (χ3v) is 5.17. The van der Waals surface area contributed by atoms with E-state index in [-0.39, 0.29) is 16.4 Å². The van der Waals surface area contributed by atoms with Crippen molar-refractivity contribution in [3.63, 3.8) is 0 Å². The van der Waals surface area contributed by atoms with E-state index < -0.39 is 5.91 Å². The van der Waals surface area contributed by atoms with Gasteiger partial charge in [0.25, 0.3) is 5.91 Å². The highest BCUT2D eigenvalue weighted by molar-refractivity contribution is 7.99. The first-order valence-corrected chi connectivity index (χ1v) is 9.44. The van der Waals surface area contributed by atoms with Gasteiger partial charge in [-0.1, -0.05) is 46.6 Å². The van der Waals surface area contributed by atoms with E-state index in [1.165, 1.54) is 30.2 Å². The molecule has 0 unspecified atom stereocenters. The third kappa shape index (κ3) is 4.95. The van der Waals surface area contributed by atoms with Crippen LogP contribution in [0.1, 0.15) is 10.4 Å². The zero-order valence-corrected chi connectivity index (χ0v) is 16.6. The first-order chi connectivity index (χ1) is 12.9. The van der Waals surface area contributed by atoms with Crippen molar-refractivity contribution in [3.05, 3.63) is 69.4 Å². The number of nitrogens with two attached hydrogens (primary N) is 1. The van der Waals surface area contributed by atoms with Crippen LogP contribution in [0, 0.1) is 0 Å². The van der Waals surface area contributed by atoms with Crippen molar-refractivity contribution in [2.45, 2.75) is 9.92 Å². The van der Waals surface area contributed by atoms with Crippen LogP contribution < -0.4 is 16.6 Å². The molecule has 0 aliphatic heterocycles. The Kier molecular flexibility index (Phi) is 6.28. The molecule has 3 rings (SSSR count). The van der Waals surface area contributed by atoms with Gasteiger partial charge < -0.3 is 5.73 Å². The van der Waals surface area contributed by atoms with E-state index >= 15 is 0 Å². The van der Waals surface area contributed by atoms with Crippen LogP contribution in [0.5, 0.6) is 0 Å². The Balaban J connectivity index is 1.72. The summed E-state index contributed by atoms with van der Waals surface area (Å²) in [5, 5.41) is 1.85. The summed E-state index contributed by atoms with van der Waals surface area (Å²) < 4.78 is 0. The lowest BCUT2D eigenvalue weighted by molar-refractivity contribution is 0.0962. The molecule has 27 heavy (non-hydrogen) atoms. The fourth-order valence-corrected chi connectivity index (χ4v) is 3.45. The van der Waals surface area contributed by atoms with Crippen LogP contribution in [-0.4, -0.2) is 15.9 Å². The van der Waals surface area contributed by atoms with Crippen molar-refractivity contribution in [2.24, 2.45) is 0 Å². The van der Waals surface area contributed by atoms with Crippen LogP contribution >= 0.6 is 46.6 Å². The minimum atomic E-state index is -0.457. The second-order valence-corrected chi connectivity index (χ2v) is 7.54. The van der Waals surface area contributed by atoms with Gasteiger partial charge in [-0.05, 0) is 42.5 Å². The lowest BCUT2D eigenvalue weighted by Gasteiger charge is -2.12. The van der Waals surface area contributed by atoms with Crippen LogP contribution in [-0.2, 0) is 0 Å². The van der Waals surface area contributed by atoms with Gasteiger partial charge in [0.1, 0.15) is 17.0 Å². The van der Waals surface area contributed by atoms with Gasteiger partial charge in [0.05, 0.1) is 10.6 Å². The standard InChI is InChI=1S/C17H12Cl3N5OS/c18-9-1-4-11(5-2-9)27-17-14(21)15(22-8-23-17)24-25-16(26)12-6-3-10(19)7-13(12)20/h1-8H,21H2,(H,25,26)(H,22,23,24). The Bertz CT molecular complexity index is 985. The van der Waals surface area contributed by atoms with Crippen LogP contribution in [0.3, 0.4) is 0 Å². The number of rotatable bonds is 5. The molecule has 0 aliphatic rings. The molecule has 6 nitrogen and oxygen atoms in total. The average molecular weight is 441 g/mol. The number of aromatic nitrogens is 2. The fourth-order valence-electron chi connectivity index (χ4n) is 2.03. The van der Waals surface area contributed by atoms with Crippen molar-refractivity contribution in [2.75, 3.05) is 11.2 Å². The van der Waals surface area contributed by atoms with Gasteiger partial charge in [0.2, 0.25) is 0 Å². The number of benzene rings is 2. The Morgan fingerprint density at radius 2 is 1.70 bits per heavy atom. The van der Waals surface area contributed by atoms with Crippen molar-refractivity contribution < 1.29 is 4.79 Å². The molecule has 0 radical (unpaired) electrons. The van der Waals surface area contributed by atoms with Crippen LogP contribution in [0.15, 0.2) is 58.7 Å². The summed E-state index contributed by atoms with van der Waals surface area (Å²) in [4.78, 5) is 21.4. The number of halogens is 3. The number of hydrazine groups is 1. The number of amides is 1. The number of carbonyl (C=O) groups is 1. The molecule has 4 N–H and O–H groups in total. The van der Waals surface area contributed by atoms with Crippen molar-refractivity contribution in [3.8, 4) is 0 Å². The molecular weight excluding hydrogens is 429 g/mol. The van der Waals surface area contributed by atoms with Gasteiger partial charge >= 0.3 is 0 Å². The summed E-state index contributed by atoms with van der Waals surface area (Å²) in [5.41, 5.74) is 11.8. The summed E-state index contributed by atoms with van der Waals surface area (Å²) in [6, 6.07) is 11.8. The Morgan fingerprint density at radius 3 is 2.41 bits per heavy atom. The number of carbonyl (C=O) groups excluding carboxylic acids is 1. The molecule has 0 aliphatic carbocycles. The molecule has 0 atom stereocenters. The van der Waals surface area contributed by atoms with E-state index in [1.807, 2.05) is 12.1 Å². The van der Waals surface area contributed by atoms with Crippen molar-refractivity contribution in [1.29, 1.82) is 0 Å². The van der Waals surface area contributed by atoms with Gasteiger partial charge in [-0.25, -0.2) is 9.97 Å². The number of nitrogens with one attached hydrogen (secondary N) is 2. The maximum absolute atomic E-state index is 12.3. The number of anilines is 2. The molecule has 2 aromatic carbocycles. The first-order valence-electron chi connectivity index (χ1n) is 7.49. The second kappa shape index (κ2) is 8.67. The van der Waals surface area contributed by atoms with Crippen LogP contribution in [0.25, 0.3) is 0 Å². The van der Waals surface area contributed by atoms with Gasteiger partial charge in [-0.3, -0.25) is 15.6 Å². The lowest BCUT2D eigenvalue weighted by Crippen LogP contribution is -2.30. The molecule has 1 aromatic heterocycles. The van der Waals surface area contributed by atoms with E-state index in [2.05, 4.69) is 20.8 Å². The molecule has 1 amide bonds. The van der Waals surface area contributed by atoms with E-state index in [0.29, 0.717) is 20.8 Å². The second-order valence-electron chi connectivity index (χ2n) is 5.20. The summed E-state index contributed by atoms with van der Waals surface area (Å²) in [6.45, 7) is 0. The zero-order chi connectivity index (χ0) is 19.4. The van der Waals surface area contributed by atoms with Gasteiger partial charge in [-0.15, -0.1) is 0 Å². The first kappa shape index (κ1) is 19.6. The minimum Gasteiger partial charge on any atom is -0.393 e. The maximum atomic E-state index is 12.3. The number of hydrogen-bond acceptors (Lipinski definition) is 6. The third-order valence-electron chi connectivity index (χ3n) is 3.35. The molecular formula is C17H12Cl3N5OS. The monoisotopic (exact) mass is 439 g/mol. The highest BCUT2D eigenvalue weighted by Gasteiger charge is 2.13. The Morgan fingerprint density at radius 1 is 1.00 bits per heavy atom. The number of hydrogen-bond donors (Lipinski definition) is 3. The SMILES string of the molecule is Nc1c(NNC(=O)c2ccc(Cl)cc2Cl)ncnc1Sc1ccc(Cl)cc1. The van der Waals surface area contributed by atoms with E-state index in [0.717, 1.165) is 4.90 Å². The van der Waals surface area contributed by atoms with E-state index in [9.17, 15) is 4.79 Å². The number of nitrogens with zero attached hydrogens (tertiary/aromatic N) is 2. The summed E-state index contributed by atoms with van der Waals surface area (Å²) >= 11 is 19.1. The molecule has 0 bridgehead atoms. The van der Waals surface area contributed by atoms with Crippen molar-refractivity contribution in [1.82, 2.24) is 15.4 Å². The van der Waals surface area contributed by atoms with Crippen LogP contribution in [0.2, 0.25) is 15.1 Å². The summed E-state index contributed by atoms with van der Waals surface area (Å²) in [6.07, 6.45) is 1.35. The molecule has 10 heteroatoms. The Hall–Kier alpha value is -2.19. The number of nitrogen functional groups attached to an aromatic ring is 1. The molecule has 0 spiro atoms. The smallest absolute Gasteiger partial charge is 0.271 e. The fraction of sp³-hybridized carbons (Fsp3) is 0. The predicted octanol–water partition coefficient (Wildman–Crippen LogP) is 4.93. The predicted molar refractivity (Wildman–Crippen MR) is 110 cm³/mol. The molecule has 0 saturated carbocycles. The van der Waals surface area contributed by atoms with Gasteiger partial charge in [0.15, 0.2) is 5.82 Å². The molecule has 138 valence electrons. The van der Waals surface area contributed by atoms with E-state index in [1.54, 1.807) is 18.2 Å². The highest BCUT2D eigenvalue weighted by atomic mass is 35.5. The average Bonchev–Trinajstić information content (AvgIpc) is 2.64. The molecule has 3 aromatic rings. The highest BCUT2D eigenvalue weighted by Crippen LogP contribution is 2.33. The molecule has 0 fully saturated rings. The van der Waals surface area contributed by atoms with Crippen molar-refractivity contribution >= 4 is 64.0 Å². The lowest BCUT2D eigenvalue weighted by atomic mass is 10.2. The zero-order valence-electron chi connectivity index (χ0n) is 13.5. The van der Waals surface area contributed by atoms with Gasteiger partial charge in [-0.2, -0.15) is 0 Å². The maximum Gasteiger partial charge on any atom is 0.271 e. The molecule has 0 saturated heterocycles. The van der Waals surface area contributed by atoms with E-state index in [4.69, 9.17) is 40.5 Å². The summed E-state index contributed by atoms with van der Waals surface area (Å²) in [7, 11) is 0. The molecule has 1 heterocycles. The normalized spacial score (nSPS) is 10.5. The topological polar surface area (TPSA) is 92.9 Å². The van der Waals surface area contributed by atoms with Gasteiger partial charge in [0, 0.05) is 14.9 Å².